The molecule has 1 fully saturated rings. The van der Waals surface area contributed by atoms with Crippen molar-refractivity contribution < 1.29 is 0 Å². The summed E-state index contributed by atoms with van der Waals surface area (Å²) in [6, 6.07) is 4.33. The fourth-order valence-electron chi connectivity index (χ4n) is 3.06. The Hall–Kier alpha value is -0.340. The molecule has 1 aliphatic heterocycles. The average Bonchev–Trinajstić information content (AvgIpc) is 3.07. The van der Waals surface area contributed by atoms with Crippen LogP contribution in [-0.4, -0.2) is 62.6 Å². The van der Waals surface area contributed by atoms with Crippen molar-refractivity contribution in [1.82, 2.24) is 15.1 Å². The first-order chi connectivity index (χ1) is 10.7. The molecule has 0 aromatic carbocycles. The van der Waals surface area contributed by atoms with Crippen LogP contribution < -0.4 is 5.32 Å². The zero-order valence-electron chi connectivity index (χ0n) is 14.6. The minimum atomic E-state index is 0. The number of nitrogens with zero attached hydrogens (tertiary/aromatic N) is 3. The molecule has 1 aromatic heterocycles. The maximum absolute atomic E-state index is 4.43. The summed E-state index contributed by atoms with van der Waals surface area (Å²) in [5.74, 6) is 1.77. The van der Waals surface area contributed by atoms with Crippen LogP contribution in [-0.2, 0) is 6.42 Å². The van der Waals surface area contributed by atoms with Crippen molar-refractivity contribution in [3.8, 4) is 0 Å². The van der Waals surface area contributed by atoms with Gasteiger partial charge in [-0.2, -0.15) is 0 Å². The van der Waals surface area contributed by atoms with Crippen molar-refractivity contribution >= 4 is 41.3 Å². The minimum Gasteiger partial charge on any atom is -0.356 e. The lowest BCUT2D eigenvalue weighted by Gasteiger charge is -2.32. The Kier molecular flexibility index (Phi) is 10.1. The standard InChI is InChI=1S/C17H30N4S.HI/c1-4-21-10-5-7-15(14-21)13-19-17(18-2)20(3)11-9-16-8-6-12-22-16;/h6,8,12,15H,4-5,7,9-11,13-14H2,1-3H3,(H,18,19);1H. The molecule has 1 aliphatic rings. The topological polar surface area (TPSA) is 30.9 Å². The molecule has 2 rings (SSSR count). The van der Waals surface area contributed by atoms with Crippen LogP contribution in [0.5, 0.6) is 0 Å². The fourth-order valence-corrected chi connectivity index (χ4v) is 3.76. The van der Waals surface area contributed by atoms with Gasteiger partial charge in [-0.05, 0) is 49.7 Å². The quantitative estimate of drug-likeness (QED) is 0.411. The second-order valence-corrected chi connectivity index (χ2v) is 7.11. The molecule has 4 nitrogen and oxygen atoms in total. The molecule has 1 N–H and O–H groups in total. The molecule has 0 saturated carbocycles. The lowest BCUT2D eigenvalue weighted by atomic mass is 9.98. The molecule has 1 atom stereocenters. The minimum absolute atomic E-state index is 0. The van der Waals surface area contributed by atoms with E-state index in [9.17, 15) is 0 Å². The second kappa shape index (κ2) is 11.3. The number of halogens is 1. The number of hydrogen-bond acceptors (Lipinski definition) is 3. The molecule has 1 saturated heterocycles. The van der Waals surface area contributed by atoms with E-state index in [-0.39, 0.29) is 24.0 Å². The number of likely N-dealkylation sites (N-methyl/N-ethyl adjacent to an activating group) is 1. The summed E-state index contributed by atoms with van der Waals surface area (Å²) in [6.45, 7) is 7.96. The summed E-state index contributed by atoms with van der Waals surface area (Å²) in [4.78, 5) is 10.7. The summed E-state index contributed by atoms with van der Waals surface area (Å²) >= 11 is 1.83. The first kappa shape index (κ1) is 20.7. The smallest absolute Gasteiger partial charge is 0.193 e. The molecule has 1 unspecified atom stereocenters. The highest BCUT2D eigenvalue weighted by molar-refractivity contribution is 14.0. The maximum Gasteiger partial charge on any atom is 0.193 e. The summed E-state index contributed by atoms with van der Waals surface area (Å²) in [7, 11) is 4.01. The van der Waals surface area contributed by atoms with Gasteiger partial charge in [0.15, 0.2) is 5.96 Å². The van der Waals surface area contributed by atoms with E-state index < -0.39 is 0 Å². The van der Waals surface area contributed by atoms with Crippen molar-refractivity contribution in [1.29, 1.82) is 0 Å². The first-order valence-electron chi connectivity index (χ1n) is 8.39. The van der Waals surface area contributed by atoms with Gasteiger partial charge in [0.1, 0.15) is 0 Å². The van der Waals surface area contributed by atoms with Gasteiger partial charge in [0, 0.05) is 38.6 Å². The molecule has 132 valence electrons. The fraction of sp³-hybridized carbons (Fsp3) is 0.706. The largest absolute Gasteiger partial charge is 0.356 e. The van der Waals surface area contributed by atoms with Crippen LogP contribution in [0, 0.1) is 5.92 Å². The SMILES string of the molecule is CCN1CCCC(CNC(=NC)N(C)CCc2cccs2)C1.I. The van der Waals surface area contributed by atoms with E-state index in [4.69, 9.17) is 0 Å². The molecule has 0 bridgehead atoms. The van der Waals surface area contributed by atoms with Crippen molar-refractivity contribution in [2.45, 2.75) is 26.2 Å². The Morgan fingerprint density at radius 3 is 3.00 bits per heavy atom. The molecule has 6 heteroatoms. The second-order valence-electron chi connectivity index (χ2n) is 6.08. The van der Waals surface area contributed by atoms with E-state index >= 15 is 0 Å². The molecule has 0 spiro atoms. The summed E-state index contributed by atoms with van der Waals surface area (Å²) < 4.78 is 0. The van der Waals surface area contributed by atoms with Crippen LogP contribution in [0.1, 0.15) is 24.6 Å². The van der Waals surface area contributed by atoms with E-state index in [1.165, 1.54) is 37.4 Å². The summed E-state index contributed by atoms with van der Waals surface area (Å²) in [6.07, 6.45) is 3.74. The van der Waals surface area contributed by atoms with Crippen molar-refractivity contribution in [3.05, 3.63) is 22.4 Å². The number of likely N-dealkylation sites (tertiary alicyclic amines) is 1. The Morgan fingerprint density at radius 1 is 1.52 bits per heavy atom. The Labute approximate surface area is 162 Å². The van der Waals surface area contributed by atoms with Gasteiger partial charge < -0.3 is 15.1 Å². The highest BCUT2D eigenvalue weighted by Crippen LogP contribution is 2.15. The zero-order valence-corrected chi connectivity index (χ0v) is 17.8. The van der Waals surface area contributed by atoms with Crippen LogP contribution in [0.15, 0.2) is 22.5 Å². The molecular formula is C17H31IN4S. The number of aliphatic imine (C=N–C) groups is 1. The lowest BCUT2D eigenvalue weighted by Crippen LogP contribution is -2.45. The highest BCUT2D eigenvalue weighted by atomic mass is 127. The van der Waals surface area contributed by atoms with Crippen LogP contribution in [0.25, 0.3) is 0 Å². The van der Waals surface area contributed by atoms with E-state index in [0.29, 0.717) is 0 Å². The van der Waals surface area contributed by atoms with Gasteiger partial charge in [-0.25, -0.2) is 0 Å². The van der Waals surface area contributed by atoms with Crippen LogP contribution in [0.4, 0.5) is 0 Å². The maximum atomic E-state index is 4.43. The number of nitrogens with one attached hydrogen (secondary N) is 1. The van der Waals surface area contributed by atoms with Crippen LogP contribution in [0.3, 0.4) is 0 Å². The third-order valence-corrected chi connectivity index (χ3v) is 5.38. The summed E-state index contributed by atoms with van der Waals surface area (Å²) in [5, 5.41) is 5.71. The van der Waals surface area contributed by atoms with E-state index in [1.807, 2.05) is 18.4 Å². The zero-order chi connectivity index (χ0) is 15.8. The molecule has 2 heterocycles. The van der Waals surface area contributed by atoms with Crippen LogP contribution >= 0.6 is 35.3 Å². The number of thiophene rings is 1. The predicted octanol–water partition coefficient (Wildman–Crippen LogP) is 3.15. The van der Waals surface area contributed by atoms with Gasteiger partial charge in [0.2, 0.25) is 0 Å². The lowest BCUT2D eigenvalue weighted by molar-refractivity contribution is 0.183. The van der Waals surface area contributed by atoms with Gasteiger partial charge in [-0.15, -0.1) is 35.3 Å². The Balaban J connectivity index is 0.00000264. The summed E-state index contributed by atoms with van der Waals surface area (Å²) in [5.41, 5.74) is 0. The molecule has 0 aliphatic carbocycles. The number of guanidine groups is 1. The van der Waals surface area contributed by atoms with Crippen molar-refractivity contribution in [2.75, 3.05) is 46.8 Å². The number of hydrogen-bond donors (Lipinski definition) is 1. The van der Waals surface area contributed by atoms with Gasteiger partial charge in [-0.1, -0.05) is 13.0 Å². The van der Waals surface area contributed by atoms with Crippen molar-refractivity contribution in [3.63, 3.8) is 0 Å². The number of rotatable bonds is 6. The first-order valence-corrected chi connectivity index (χ1v) is 9.27. The monoisotopic (exact) mass is 450 g/mol. The van der Waals surface area contributed by atoms with Gasteiger partial charge in [0.25, 0.3) is 0 Å². The number of piperidine rings is 1. The van der Waals surface area contributed by atoms with E-state index in [1.54, 1.807) is 0 Å². The van der Waals surface area contributed by atoms with E-state index in [0.717, 1.165) is 31.4 Å². The van der Waals surface area contributed by atoms with E-state index in [2.05, 4.69) is 51.6 Å². The molecular weight excluding hydrogens is 419 g/mol. The van der Waals surface area contributed by atoms with Crippen molar-refractivity contribution in [2.24, 2.45) is 10.9 Å². The third kappa shape index (κ3) is 6.97. The molecule has 1 aromatic rings. The van der Waals surface area contributed by atoms with Gasteiger partial charge >= 0.3 is 0 Å². The molecule has 23 heavy (non-hydrogen) atoms. The molecule has 0 amide bonds. The van der Waals surface area contributed by atoms with Gasteiger partial charge in [-0.3, -0.25) is 4.99 Å². The highest BCUT2D eigenvalue weighted by Gasteiger charge is 2.19. The van der Waals surface area contributed by atoms with Gasteiger partial charge in [0.05, 0.1) is 0 Å². The Morgan fingerprint density at radius 2 is 2.35 bits per heavy atom. The molecule has 0 radical (unpaired) electrons. The third-order valence-electron chi connectivity index (χ3n) is 4.45. The predicted molar refractivity (Wildman–Crippen MR) is 112 cm³/mol. The Bertz CT molecular complexity index is 449. The average molecular weight is 450 g/mol. The van der Waals surface area contributed by atoms with Crippen LogP contribution in [0.2, 0.25) is 0 Å². The normalized spacial score (nSPS) is 19.3.